The van der Waals surface area contributed by atoms with Crippen LogP contribution in [0.3, 0.4) is 0 Å². The summed E-state index contributed by atoms with van der Waals surface area (Å²) < 4.78 is 32.1. The molecule has 9 heteroatoms. The predicted octanol–water partition coefficient (Wildman–Crippen LogP) is 2.72. The fraction of sp³-hybridized carbons (Fsp3) is 0.318. The Morgan fingerprint density at radius 3 is 2.35 bits per heavy atom. The lowest BCUT2D eigenvalue weighted by atomic mass is 9.97. The van der Waals surface area contributed by atoms with Crippen LogP contribution in [0.4, 0.5) is 5.69 Å². The number of methoxy groups -OCH3 is 1. The van der Waals surface area contributed by atoms with Gasteiger partial charge in [-0.25, -0.2) is 13.2 Å². The van der Waals surface area contributed by atoms with Crippen LogP contribution in [0.1, 0.15) is 40.5 Å². The number of amides is 1. The van der Waals surface area contributed by atoms with E-state index in [1.54, 1.807) is 36.4 Å². The summed E-state index contributed by atoms with van der Waals surface area (Å²) in [5.74, 6) is -1.39. The van der Waals surface area contributed by atoms with E-state index in [0.717, 1.165) is 0 Å². The third-order valence-corrected chi connectivity index (χ3v) is 7.23. The lowest BCUT2D eigenvalue weighted by Gasteiger charge is -2.31. The number of ketones is 1. The molecule has 0 radical (unpaired) electrons. The zero-order valence-electron chi connectivity index (χ0n) is 17.3. The van der Waals surface area contributed by atoms with Crippen molar-refractivity contribution in [2.45, 2.75) is 24.7 Å². The third kappa shape index (κ3) is 5.00. The maximum atomic E-state index is 13.1. The highest BCUT2D eigenvalue weighted by Gasteiger charge is 2.34. The van der Waals surface area contributed by atoms with E-state index < -0.39 is 16.0 Å². The van der Waals surface area contributed by atoms with Gasteiger partial charge in [-0.2, -0.15) is 4.31 Å². The second-order valence-electron chi connectivity index (χ2n) is 7.29. The predicted molar refractivity (Wildman–Crippen MR) is 114 cm³/mol. The number of Topliss-reactive ketones (excluding diaryl/α,β-unsaturated/α-hetero) is 1. The molecule has 0 aromatic heterocycles. The van der Waals surface area contributed by atoms with E-state index in [9.17, 15) is 22.8 Å². The standard InChI is InChI=1S/C22H24N2O6S/c1-15(25)17-6-5-7-18(14-17)23-21(26)16-10-12-24(13-11-16)31(28,29)20-9-4-3-8-19(20)22(27)30-2/h3-9,14,16H,10-13H2,1-2H3,(H,23,26). The first-order valence-corrected chi connectivity index (χ1v) is 11.3. The molecule has 0 atom stereocenters. The Kier molecular flexibility index (Phi) is 6.87. The van der Waals surface area contributed by atoms with Gasteiger partial charge in [0.2, 0.25) is 15.9 Å². The van der Waals surface area contributed by atoms with E-state index in [1.165, 1.54) is 30.5 Å². The van der Waals surface area contributed by atoms with E-state index in [4.69, 9.17) is 4.74 Å². The summed E-state index contributed by atoms with van der Waals surface area (Å²) in [6.45, 7) is 1.77. The fourth-order valence-electron chi connectivity index (χ4n) is 3.53. The molecule has 1 aliphatic heterocycles. The molecule has 1 N–H and O–H groups in total. The Bertz CT molecular complexity index is 1100. The van der Waals surface area contributed by atoms with Gasteiger partial charge in [0, 0.05) is 30.3 Å². The number of nitrogens with one attached hydrogen (secondary N) is 1. The van der Waals surface area contributed by atoms with Crippen molar-refractivity contribution in [3.63, 3.8) is 0 Å². The first-order chi connectivity index (χ1) is 14.7. The molecule has 1 fully saturated rings. The van der Waals surface area contributed by atoms with Crippen molar-refractivity contribution in [3.05, 3.63) is 59.7 Å². The monoisotopic (exact) mass is 444 g/mol. The van der Waals surface area contributed by atoms with E-state index >= 15 is 0 Å². The molecule has 0 spiro atoms. The van der Waals surface area contributed by atoms with Gasteiger partial charge in [0.05, 0.1) is 17.6 Å². The van der Waals surface area contributed by atoms with E-state index in [-0.39, 0.29) is 41.2 Å². The molecular formula is C22H24N2O6S. The minimum Gasteiger partial charge on any atom is -0.465 e. The van der Waals surface area contributed by atoms with Crippen molar-refractivity contribution in [3.8, 4) is 0 Å². The van der Waals surface area contributed by atoms with Crippen LogP contribution in [0, 0.1) is 5.92 Å². The number of anilines is 1. The zero-order chi connectivity index (χ0) is 22.6. The molecular weight excluding hydrogens is 420 g/mol. The number of hydrogen-bond acceptors (Lipinski definition) is 6. The molecule has 1 aliphatic rings. The summed E-state index contributed by atoms with van der Waals surface area (Å²) in [4.78, 5) is 36.0. The largest absolute Gasteiger partial charge is 0.465 e. The maximum Gasteiger partial charge on any atom is 0.339 e. The van der Waals surface area contributed by atoms with Gasteiger partial charge in [-0.15, -0.1) is 0 Å². The summed E-state index contributed by atoms with van der Waals surface area (Å²) in [5.41, 5.74) is 1.01. The van der Waals surface area contributed by atoms with E-state index in [0.29, 0.717) is 24.1 Å². The fourth-order valence-corrected chi connectivity index (χ4v) is 5.18. The second kappa shape index (κ2) is 9.40. The molecule has 0 bridgehead atoms. The number of rotatable bonds is 6. The Balaban J connectivity index is 1.68. The number of hydrogen-bond donors (Lipinski definition) is 1. The van der Waals surface area contributed by atoms with E-state index in [2.05, 4.69) is 5.32 Å². The van der Waals surface area contributed by atoms with Crippen LogP contribution in [-0.2, 0) is 19.6 Å². The molecule has 0 saturated carbocycles. The molecule has 31 heavy (non-hydrogen) atoms. The third-order valence-electron chi connectivity index (χ3n) is 5.27. The minimum atomic E-state index is -3.91. The topological polar surface area (TPSA) is 110 Å². The molecule has 1 heterocycles. The van der Waals surface area contributed by atoms with Gasteiger partial charge in [-0.05, 0) is 44.0 Å². The Hall–Kier alpha value is -3.04. The Morgan fingerprint density at radius 2 is 1.71 bits per heavy atom. The average molecular weight is 445 g/mol. The number of ether oxygens (including phenoxy) is 1. The van der Waals surface area contributed by atoms with Crippen molar-refractivity contribution in [1.82, 2.24) is 4.31 Å². The zero-order valence-corrected chi connectivity index (χ0v) is 18.1. The first kappa shape index (κ1) is 22.6. The lowest BCUT2D eigenvalue weighted by molar-refractivity contribution is -0.120. The number of esters is 1. The highest BCUT2D eigenvalue weighted by molar-refractivity contribution is 7.89. The molecule has 0 unspecified atom stereocenters. The van der Waals surface area contributed by atoms with Gasteiger partial charge in [-0.1, -0.05) is 24.3 Å². The molecule has 2 aromatic carbocycles. The van der Waals surface area contributed by atoms with Crippen LogP contribution in [-0.4, -0.2) is 50.6 Å². The van der Waals surface area contributed by atoms with Gasteiger partial charge in [-0.3, -0.25) is 9.59 Å². The van der Waals surface area contributed by atoms with Crippen LogP contribution >= 0.6 is 0 Å². The average Bonchev–Trinajstić information content (AvgIpc) is 2.78. The summed E-state index contributed by atoms with van der Waals surface area (Å²) in [6.07, 6.45) is 0.690. The summed E-state index contributed by atoms with van der Waals surface area (Å²) >= 11 is 0. The van der Waals surface area contributed by atoms with Crippen LogP contribution in [0.25, 0.3) is 0 Å². The number of carbonyl (C=O) groups is 3. The molecule has 8 nitrogen and oxygen atoms in total. The van der Waals surface area contributed by atoms with Crippen molar-refractivity contribution < 1.29 is 27.5 Å². The number of nitrogens with zero attached hydrogens (tertiary/aromatic N) is 1. The van der Waals surface area contributed by atoms with Crippen LogP contribution in [0.2, 0.25) is 0 Å². The van der Waals surface area contributed by atoms with Crippen molar-refractivity contribution in [1.29, 1.82) is 0 Å². The lowest BCUT2D eigenvalue weighted by Crippen LogP contribution is -2.41. The quantitative estimate of drug-likeness (QED) is 0.542. The highest BCUT2D eigenvalue weighted by Crippen LogP contribution is 2.27. The molecule has 1 amide bonds. The molecule has 164 valence electrons. The van der Waals surface area contributed by atoms with Crippen molar-refractivity contribution in [2.75, 3.05) is 25.5 Å². The smallest absolute Gasteiger partial charge is 0.339 e. The summed E-state index contributed by atoms with van der Waals surface area (Å²) in [5, 5.41) is 2.80. The van der Waals surface area contributed by atoms with Crippen LogP contribution < -0.4 is 5.32 Å². The molecule has 2 aromatic rings. The van der Waals surface area contributed by atoms with Gasteiger partial charge in [0.15, 0.2) is 5.78 Å². The Morgan fingerprint density at radius 1 is 1.03 bits per heavy atom. The first-order valence-electron chi connectivity index (χ1n) is 9.83. The Labute approximate surface area is 181 Å². The molecule has 0 aliphatic carbocycles. The molecule has 1 saturated heterocycles. The van der Waals surface area contributed by atoms with Crippen molar-refractivity contribution in [2.24, 2.45) is 5.92 Å². The van der Waals surface area contributed by atoms with Gasteiger partial charge < -0.3 is 10.1 Å². The van der Waals surface area contributed by atoms with Crippen LogP contribution in [0.15, 0.2) is 53.4 Å². The van der Waals surface area contributed by atoms with Crippen LogP contribution in [0.5, 0.6) is 0 Å². The van der Waals surface area contributed by atoms with Gasteiger partial charge in [0.1, 0.15) is 0 Å². The normalized spacial score (nSPS) is 15.3. The number of benzene rings is 2. The van der Waals surface area contributed by atoms with Gasteiger partial charge >= 0.3 is 5.97 Å². The SMILES string of the molecule is COC(=O)c1ccccc1S(=O)(=O)N1CCC(C(=O)Nc2cccc(C(C)=O)c2)CC1. The maximum absolute atomic E-state index is 13.1. The van der Waals surface area contributed by atoms with Crippen molar-refractivity contribution >= 4 is 33.4 Å². The highest BCUT2D eigenvalue weighted by atomic mass is 32.2. The molecule has 3 rings (SSSR count). The number of sulfonamides is 1. The second-order valence-corrected chi connectivity index (χ2v) is 9.20. The summed E-state index contributed by atoms with van der Waals surface area (Å²) in [6, 6.07) is 12.6. The number of carbonyl (C=O) groups excluding carboxylic acids is 3. The van der Waals surface area contributed by atoms with E-state index in [1.807, 2.05) is 0 Å². The number of piperidine rings is 1. The summed E-state index contributed by atoms with van der Waals surface area (Å²) in [7, 11) is -2.71. The van der Waals surface area contributed by atoms with Gasteiger partial charge in [0.25, 0.3) is 0 Å². The minimum absolute atomic E-state index is 0.0183.